The van der Waals surface area contributed by atoms with Crippen molar-refractivity contribution in [3.8, 4) is 0 Å². The lowest BCUT2D eigenvalue weighted by Crippen LogP contribution is -1.89. The molecule has 2 nitrogen and oxygen atoms in total. The SMILES string of the molecule is Cc1c(C2CC2)nc2c(F)cccn12. The number of fused-ring (bicyclic) bond motifs is 1. The number of aromatic nitrogens is 2. The van der Waals surface area contributed by atoms with Gasteiger partial charge in [-0.1, -0.05) is 0 Å². The molecule has 1 aliphatic rings. The van der Waals surface area contributed by atoms with Gasteiger partial charge < -0.3 is 4.40 Å². The van der Waals surface area contributed by atoms with E-state index < -0.39 is 0 Å². The summed E-state index contributed by atoms with van der Waals surface area (Å²) in [5, 5.41) is 0. The quantitative estimate of drug-likeness (QED) is 0.675. The van der Waals surface area contributed by atoms with Crippen LogP contribution in [0, 0.1) is 12.7 Å². The molecule has 1 aliphatic carbocycles. The molecule has 3 rings (SSSR count). The number of imidazole rings is 1. The first kappa shape index (κ1) is 7.97. The van der Waals surface area contributed by atoms with E-state index in [4.69, 9.17) is 0 Å². The number of hydrogen-bond acceptors (Lipinski definition) is 1. The minimum atomic E-state index is -0.234. The zero-order valence-corrected chi connectivity index (χ0v) is 8.00. The molecule has 0 radical (unpaired) electrons. The smallest absolute Gasteiger partial charge is 0.173 e. The Morgan fingerprint density at radius 3 is 2.93 bits per heavy atom. The molecule has 0 saturated heterocycles. The van der Waals surface area contributed by atoms with Crippen LogP contribution in [0.5, 0.6) is 0 Å². The van der Waals surface area contributed by atoms with Gasteiger partial charge in [-0.2, -0.15) is 0 Å². The third-order valence-corrected chi connectivity index (χ3v) is 2.84. The molecule has 14 heavy (non-hydrogen) atoms. The Morgan fingerprint density at radius 2 is 2.29 bits per heavy atom. The van der Waals surface area contributed by atoms with Gasteiger partial charge in [-0.15, -0.1) is 0 Å². The van der Waals surface area contributed by atoms with Gasteiger partial charge in [-0.25, -0.2) is 9.37 Å². The molecule has 0 atom stereocenters. The van der Waals surface area contributed by atoms with Gasteiger partial charge >= 0.3 is 0 Å². The van der Waals surface area contributed by atoms with Crippen molar-refractivity contribution in [3.05, 3.63) is 35.5 Å². The van der Waals surface area contributed by atoms with Gasteiger partial charge in [0.05, 0.1) is 5.69 Å². The van der Waals surface area contributed by atoms with Gasteiger partial charge in [0.1, 0.15) is 0 Å². The minimum Gasteiger partial charge on any atom is -0.302 e. The van der Waals surface area contributed by atoms with E-state index in [0.29, 0.717) is 11.6 Å². The highest BCUT2D eigenvalue weighted by atomic mass is 19.1. The predicted octanol–water partition coefficient (Wildman–Crippen LogP) is 2.66. The molecule has 0 unspecified atom stereocenters. The summed E-state index contributed by atoms with van der Waals surface area (Å²) in [6.07, 6.45) is 4.27. The van der Waals surface area contributed by atoms with Crippen LogP contribution in [0.3, 0.4) is 0 Å². The van der Waals surface area contributed by atoms with E-state index in [1.165, 1.54) is 18.9 Å². The van der Waals surface area contributed by atoms with Crippen molar-refractivity contribution in [2.45, 2.75) is 25.7 Å². The first-order valence-electron chi connectivity index (χ1n) is 4.90. The summed E-state index contributed by atoms with van der Waals surface area (Å²) < 4.78 is 15.2. The molecular formula is C11H11FN2. The topological polar surface area (TPSA) is 17.3 Å². The van der Waals surface area contributed by atoms with Crippen LogP contribution < -0.4 is 0 Å². The van der Waals surface area contributed by atoms with Gasteiger partial charge in [-0.3, -0.25) is 0 Å². The number of halogens is 1. The van der Waals surface area contributed by atoms with Gasteiger partial charge in [-0.05, 0) is 31.9 Å². The monoisotopic (exact) mass is 190 g/mol. The molecule has 3 heteroatoms. The standard InChI is InChI=1S/C11H11FN2/c1-7-10(8-4-5-8)13-11-9(12)3-2-6-14(7)11/h2-3,6,8H,4-5H2,1H3. The van der Waals surface area contributed by atoms with E-state index in [2.05, 4.69) is 4.98 Å². The zero-order valence-electron chi connectivity index (χ0n) is 8.00. The number of aryl methyl sites for hydroxylation is 1. The second-order valence-electron chi connectivity index (χ2n) is 3.91. The summed E-state index contributed by atoms with van der Waals surface area (Å²) in [6, 6.07) is 3.17. The van der Waals surface area contributed by atoms with Gasteiger partial charge in [0.25, 0.3) is 0 Å². The highest BCUT2D eigenvalue weighted by Gasteiger charge is 2.28. The average Bonchev–Trinajstić information content (AvgIpc) is 2.94. The fourth-order valence-electron chi connectivity index (χ4n) is 1.91. The van der Waals surface area contributed by atoms with Gasteiger partial charge in [0.2, 0.25) is 0 Å². The fourth-order valence-corrected chi connectivity index (χ4v) is 1.91. The maximum absolute atomic E-state index is 13.4. The molecule has 2 heterocycles. The number of hydrogen-bond donors (Lipinski definition) is 0. The van der Waals surface area contributed by atoms with E-state index in [0.717, 1.165) is 11.4 Å². The highest BCUT2D eigenvalue weighted by Crippen LogP contribution is 2.41. The van der Waals surface area contributed by atoms with E-state index in [-0.39, 0.29) is 5.82 Å². The molecule has 1 saturated carbocycles. The Labute approximate surface area is 81.4 Å². The van der Waals surface area contributed by atoms with Crippen LogP contribution in [-0.2, 0) is 0 Å². The molecule has 0 bridgehead atoms. The second kappa shape index (κ2) is 2.56. The minimum absolute atomic E-state index is 0.234. The molecule has 0 N–H and O–H groups in total. The van der Waals surface area contributed by atoms with Crippen molar-refractivity contribution in [2.75, 3.05) is 0 Å². The van der Waals surface area contributed by atoms with Crippen molar-refractivity contribution in [1.82, 2.24) is 9.38 Å². The van der Waals surface area contributed by atoms with Crippen molar-refractivity contribution in [2.24, 2.45) is 0 Å². The molecule has 2 aromatic rings. The highest BCUT2D eigenvalue weighted by molar-refractivity contribution is 5.45. The maximum atomic E-state index is 13.4. The normalized spacial score (nSPS) is 16.4. The third-order valence-electron chi connectivity index (χ3n) is 2.84. The molecular weight excluding hydrogens is 179 g/mol. The lowest BCUT2D eigenvalue weighted by Gasteiger charge is -1.96. The van der Waals surface area contributed by atoms with Crippen LogP contribution in [0.1, 0.15) is 30.1 Å². The van der Waals surface area contributed by atoms with Crippen LogP contribution in [0.15, 0.2) is 18.3 Å². The lowest BCUT2D eigenvalue weighted by molar-refractivity contribution is 0.629. The number of nitrogens with zero attached hydrogens (tertiary/aromatic N) is 2. The second-order valence-corrected chi connectivity index (χ2v) is 3.91. The van der Waals surface area contributed by atoms with Gasteiger partial charge in [0, 0.05) is 17.8 Å². The largest absolute Gasteiger partial charge is 0.302 e. The fraction of sp³-hybridized carbons (Fsp3) is 0.364. The van der Waals surface area contributed by atoms with E-state index >= 15 is 0 Å². The average molecular weight is 190 g/mol. The van der Waals surface area contributed by atoms with Crippen LogP contribution in [0.2, 0.25) is 0 Å². The Hall–Kier alpha value is -1.38. The molecule has 72 valence electrons. The first-order valence-corrected chi connectivity index (χ1v) is 4.90. The van der Waals surface area contributed by atoms with E-state index in [1.54, 1.807) is 6.07 Å². The van der Waals surface area contributed by atoms with Crippen molar-refractivity contribution >= 4 is 5.65 Å². The summed E-state index contributed by atoms with van der Waals surface area (Å²) >= 11 is 0. The zero-order chi connectivity index (χ0) is 9.71. The third kappa shape index (κ3) is 0.983. The Balaban J connectivity index is 2.33. The Morgan fingerprint density at radius 1 is 1.50 bits per heavy atom. The van der Waals surface area contributed by atoms with Crippen LogP contribution in [0.4, 0.5) is 4.39 Å². The van der Waals surface area contributed by atoms with Crippen LogP contribution in [0.25, 0.3) is 5.65 Å². The number of pyridine rings is 1. The number of rotatable bonds is 1. The summed E-state index contributed by atoms with van der Waals surface area (Å²) in [5.41, 5.74) is 2.63. The molecule has 0 spiro atoms. The van der Waals surface area contributed by atoms with Crippen molar-refractivity contribution in [3.63, 3.8) is 0 Å². The molecule has 0 aromatic carbocycles. The molecule has 1 fully saturated rings. The molecule has 2 aromatic heterocycles. The summed E-state index contributed by atoms with van der Waals surface area (Å²) in [5.74, 6) is 0.344. The van der Waals surface area contributed by atoms with Crippen LogP contribution in [-0.4, -0.2) is 9.38 Å². The summed E-state index contributed by atoms with van der Waals surface area (Å²) in [6.45, 7) is 2.01. The summed E-state index contributed by atoms with van der Waals surface area (Å²) in [7, 11) is 0. The van der Waals surface area contributed by atoms with Crippen molar-refractivity contribution in [1.29, 1.82) is 0 Å². The Kier molecular flexibility index (Phi) is 1.46. The molecule has 0 amide bonds. The van der Waals surface area contributed by atoms with Gasteiger partial charge in [0.15, 0.2) is 11.5 Å². The molecule has 0 aliphatic heterocycles. The van der Waals surface area contributed by atoms with E-state index in [9.17, 15) is 4.39 Å². The maximum Gasteiger partial charge on any atom is 0.173 e. The van der Waals surface area contributed by atoms with Crippen molar-refractivity contribution < 1.29 is 4.39 Å². The first-order chi connectivity index (χ1) is 6.77. The Bertz CT molecular complexity index is 497. The lowest BCUT2D eigenvalue weighted by atomic mass is 10.2. The van der Waals surface area contributed by atoms with E-state index in [1.807, 2.05) is 17.5 Å². The van der Waals surface area contributed by atoms with Crippen LogP contribution >= 0.6 is 0 Å². The summed E-state index contributed by atoms with van der Waals surface area (Å²) in [4.78, 5) is 4.36. The predicted molar refractivity (Wildman–Crippen MR) is 51.9 cm³/mol.